The molecule has 0 aromatic heterocycles. The topological polar surface area (TPSA) is 72.8 Å². The van der Waals surface area contributed by atoms with Crippen molar-refractivity contribution in [2.24, 2.45) is 11.8 Å². The highest BCUT2D eigenvalue weighted by molar-refractivity contribution is 5.91. The van der Waals surface area contributed by atoms with Crippen LogP contribution in [0.15, 0.2) is 35.5 Å². The molecular formula is C19H26O5. The Labute approximate surface area is 143 Å². The maximum Gasteiger partial charge on any atom is 0.334 e. The predicted octanol–water partition coefficient (Wildman–Crippen LogP) is 2.70. The van der Waals surface area contributed by atoms with E-state index in [9.17, 15) is 14.7 Å². The molecule has 5 nitrogen and oxygen atoms in total. The van der Waals surface area contributed by atoms with Gasteiger partial charge in [-0.1, -0.05) is 32.1 Å². The van der Waals surface area contributed by atoms with Crippen LogP contribution in [-0.4, -0.2) is 35.9 Å². The molecule has 0 spiro atoms. The number of carbonyl (C=O) groups excluding carboxylic acids is 2. The molecule has 132 valence electrons. The number of hydrogen-bond acceptors (Lipinski definition) is 5. The van der Waals surface area contributed by atoms with E-state index in [1.165, 1.54) is 0 Å². The van der Waals surface area contributed by atoms with Gasteiger partial charge in [0.1, 0.15) is 12.2 Å². The van der Waals surface area contributed by atoms with Gasteiger partial charge in [0.25, 0.3) is 0 Å². The van der Waals surface area contributed by atoms with Gasteiger partial charge in [-0.15, -0.1) is 0 Å². The van der Waals surface area contributed by atoms with E-state index in [4.69, 9.17) is 9.47 Å². The Kier molecular flexibility index (Phi) is 5.99. The third kappa shape index (κ3) is 4.15. The van der Waals surface area contributed by atoms with Gasteiger partial charge in [0.15, 0.2) is 0 Å². The fourth-order valence-corrected chi connectivity index (χ4v) is 3.06. The Morgan fingerprint density at radius 2 is 2.21 bits per heavy atom. The van der Waals surface area contributed by atoms with E-state index in [-0.39, 0.29) is 18.5 Å². The quantitative estimate of drug-likeness (QED) is 0.488. The summed E-state index contributed by atoms with van der Waals surface area (Å²) in [5, 5.41) is 9.53. The summed E-state index contributed by atoms with van der Waals surface area (Å²) in [6, 6.07) is 0. The van der Waals surface area contributed by atoms with E-state index in [1.807, 2.05) is 6.92 Å². The predicted molar refractivity (Wildman–Crippen MR) is 90.0 cm³/mol. The van der Waals surface area contributed by atoms with E-state index < -0.39 is 24.1 Å². The second kappa shape index (κ2) is 7.79. The summed E-state index contributed by atoms with van der Waals surface area (Å²) in [4.78, 5) is 24.1. The van der Waals surface area contributed by atoms with Crippen molar-refractivity contribution < 1.29 is 24.2 Å². The molecule has 2 rings (SSSR count). The number of fused-ring (bicyclic) bond motifs is 1. The summed E-state index contributed by atoms with van der Waals surface area (Å²) in [7, 11) is 0. The van der Waals surface area contributed by atoms with Gasteiger partial charge in [0, 0.05) is 12.0 Å². The van der Waals surface area contributed by atoms with E-state index in [2.05, 4.69) is 12.7 Å². The van der Waals surface area contributed by atoms with Crippen molar-refractivity contribution in [2.45, 2.75) is 52.2 Å². The lowest BCUT2D eigenvalue weighted by Crippen LogP contribution is -2.34. The molecular weight excluding hydrogens is 308 g/mol. The minimum Gasteiger partial charge on any atom is -0.461 e. The summed E-state index contributed by atoms with van der Waals surface area (Å²) in [5.74, 6) is -1.45. The van der Waals surface area contributed by atoms with Crippen LogP contribution in [0.25, 0.3) is 0 Å². The van der Waals surface area contributed by atoms with Crippen molar-refractivity contribution >= 4 is 11.9 Å². The molecule has 24 heavy (non-hydrogen) atoms. The highest BCUT2D eigenvalue weighted by Crippen LogP contribution is 2.36. The maximum absolute atomic E-state index is 12.1. The molecule has 1 heterocycles. The van der Waals surface area contributed by atoms with Gasteiger partial charge in [-0.05, 0) is 31.4 Å². The Bertz CT molecular complexity index is 585. The second-order valence-corrected chi connectivity index (χ2v) is 6.83. The Hall–Kier alpha value is -1.88. The summed E-state index contributed by atoms with van der Waals surface area (Å²) in [5.41, 5.74) is 2.22. The summed E-state index contributed by atoms with van der Waals surface area (Å²) in [6.45, 7) is 9.29. The summed E-state index contributed by atoms with van der Waals surface area (Å²) < 4.78 is 11.1. The zero-order valence-corrected chi connectivity index (χ0v) is 14.6. The van der Waals surface area contributed by atoms with Crippen LogP contribution in [0, 0.1) is 11.8 Å². The van der Waals surface area contributed by atoms with Gasteiger partial charge < -0.3 is 14.6 Å². The van der Waals surface area contributed by atoms with Gasteiger partial charge >= 0.3 is 11.9 Å². The number of ether oxygens (including phenoxy) is 2. The van der Waals surface area contributed by atoms with Crippen LogP contribution in [0.4, 0.5) is 0 Å². The van der Waals surface area contributed by atoms with Gasteiger partial charge in [0.2, 0.25) is 0 Å². The smallest absolute Gasteiger partial charge is 0.334 e. The van der Waals surface area contributed by atoms with Crippen LogP contribution in [-0.2, 0) is 19.1 Å². The molecule has 0 bridgehead atoms. The van der Waals surface area contributed by atoms with Crippen LogP contribution in [0.5, 0.6) is 0 Å². The zero-order valence-electron chi connectivity index (χ0n) is 14.6. The van der Waals surface area contributed by atoms with Gasteiger partial charge in [-0.25, -0.2) is 4.79 Å². The van der Waals surface area contributed by atoms with Crippen LogP contribution in [0.2, 0.25) is 0 Å². The largest absolute Gasteiger partial charge is 0.461 e. The lowest BCUT2D eigenvalue weighted by atomic mass is 9.85. The molecule has 0 saturated carbocycles. The third-order valence-electron chi connectivity index (χ3n) is 4.49. The second-order valence-electron chi connectivity index (χ2n) is 6.83. The summed E-state index contributed by atoms with van der Waals surface area (Å²) in [6.07, 6.45) is 4.84. The molecule has 1 fully saturated rings. The standard InChI is InChI=1S/C19H26O5/c1-11(2)18(21)23-15-8-12(3)6-5-7-14(10-20)9-16-17(15)13(4)19(22)24-16/h6,9,11,15-17,20H,4-5,7-8,10H2,1-3H3. The van der Waals surface area contributed by atoms with Crippen LogP contribution >= 0.6 is 0 Å². The molecule has 0 aromatic rings. The Morgan fingerprint density at radius 1 is 1.50 bits per heavy atom. The molecule has 1 saturated heterocycles. The number of esters is 2. The van der Waals surface area contributed by atoms with Crippen molar-refractivity contribution in [2.75, 3.05) is 6.61 Å². The van der Waals surface area contributed by atoms with Gasteiger partial charge in [0.05, 0.1) is 18.4 Å². The molecule has 1 aliphatic heterocycles. The molecule has 1 N–H and O–H groups in total. The first-order valence-electron chi connectivity index (χ1n) is 8.39. The maximum atomic E-state index is 12.1. The normalized spacial score (nSPS) is 28.0. The third-order valence-corrected chi connectivity index (χ3v) is 4.49. The minimum absolute atomic E-state index is 0.0867. The number of aliphatic hydroxyl groups excluding tert-OH is 1. The molecule has 1 aliphatic carbocycles. The first-order valence-corrected chi connectivity index (χ1v) is 8.39. The molecule has 2 aliphatic rings. The molecule has 3 unspecified atom stereocenters. The first-order chi connectivity index (χ1) is 11.3. The lowest BCUT2D eigenvalue weighted by Gasteiger charge is -2.28. The number of aliphatic hydroxyl groups is 1. The van der Waals surface area contributed by atoms with E-state index in [1.54, 1.807) is 19.9 Å². The van der Waals surface area contributed by atoms with Crippen LogP contribution < -0.4 is 0 Å². The Balaban J connectivity index is 2.39. The number of hydrogen-bond donors (Lipinski definition) is 1. The molecule has 0 amide bonds. The average molecular weight is 334 g/mol. The van der Waals surface area contributed by atoms with E-state index >= 15 is 0 Å². The highest BCUT2D eigenvalue weighted by Gasteiger charge is 2.44. The molecule has 0 aromatic carbocycles. The van der Waals surface area contributed by atoms with E-state index in [0.717, 1.165) is 17.6 Å². The first kappa shape index (κ1) is 18.5. The Morgan fingerprint density at radius 3 is 2.83 bits per heavy atom. The van der Waals surface area contributed by atoms with Crippen molar-refractivity contribution in [1.82, 2.24) is 0 Å². The fourth-order valence-electron chi connectivity index (χ4n) is 3.06. The van der Waals surface area contributed by atoms with Gasteiger partial charge in [-0.2, -0.15) is 0 Å². The molecule has 3 atom stereocenters. The van der Waals surface area contributed by atoms with Crippen molar-refractivity contribution in [3.05, 3.63) is 35.5 Å². The van der Waals surface area contributed by atoms with Crippen LogP contribution in [0.1, 0.15) is 40.0 Å². The lowest BCUT2D eigenvalue weighted by molar-refractivity contribution is -0.155. The monoisotopic (exact) mass is 334 g/mol. The molecule has 0 radical (unpaired) electrons. The highest BCUT2D eigenvalue weighted by atomic mass is 16.6. The zero-order chi connectivity index (χ0) is 17.9. The minimum atomic E-state index is -0.553. The van der Waals surface area contributed by atoms with Crippen molar-refractivity contribution in [3.63, 3.8) is 0 Å². The number of rotatable bonds is 3. The fraction of sp³-hybridized carbons (Fsp3) is 0.579. The number of carbonyl (C=O) groups is 2. The summed E-state index contributed by atoms with van der Waals surface area (Å²) >= 11 is 0. The van der Waals surface area contributed by atoms with Gasteiger partial charge in [-0.3, -0.25) is 4.79 Å². The van der Waals surface area contributed by atoms with Crippen molar-refractivity contribution in [3.8, 4) is 0 Å². The van der Waals surface area contributed by atoms with E-state index in [0.29, 0.717) is 18.4 Å². The SMILES string of the molecule is C=C1C(=O)OC2C=C(CO)CCC=C(C)CC(OC(=O)C(C)C)C12. The van der Waals surface area contributed by atoms with Crippen LogP contribution in [0.3, 0.4) is 0 Å². The molecule has 5 heteroatoms. The average Bonchev–Trinajstić information content (AvgIpc) is 2.79. The van der Waals surface area contributed by atoms with Crippen molar-refractivity contribution in [1.29, 1.82) is 0 Å². The number of allylic oxidation sites excluding steroid dienone is 1.